The highest BCUT2D eigenvalue weighted by atomic mass is 32.1. The number of imide groups is 1. The van der Waals surface area contributed by atoms with Gasteiger partial charge in [-0.3, -0.25) is 29.1 Å². The molecule has 2 aliphatic heterocycles. The van der Waals surface area contributed by atoms with E-state index < -0.39 is 0 Å². The summed E-state index contributed by atoms with van der Waals surface area (Å²) in [4.78, 5) is 48.4. The normalized spacial score (nSPS) is 16.9. The number of ether oxygens (including phenoxy) is 1. The Labute approximate surface area is 208 Å². The predicted octanol–water partition coefficient (Wildman–Crippen LogP) is 3.49. The van der Waals surface area contributed by atoms with Crippen LogP contribution in [0.2, 0.25) is 0 Å². The maximum absolute atomic E-state index is 13.8. The molecule has 3 heterocycles. The number of aryl methyl sites for hydroxylation is 1. The zero-order valence-corrected chi connectivity index (χ0v) is 20.6. The molecule has 2 fully saturated rings. The van der Waals surface area contributed by atoms with Gasteiger partial charge in [-0.15, -0.1) is 0 Å². The van der Waals surface area contributed by atoms with Crippen LogP contribution < -0.4 is 9.80 Å². The van der Waals surface area contributed by atoms with Gasteiger partial charge in [0.15, 0.2) is 5.13 Å². The van der Waals surface area contributed by atoms with Crippen molar-refractivity contribution in [3.8, 4) is 0 Å². The van der Waals surface area contributed by atoms with Crippen LogP contribution in [-0.4, -0.2) is 67.0 Å². The van der Waals surface area contributed by atoms with Crippen molar-refractivity contribution in [2.45, 2.75) is 26.2 Å². The van der Waals surface area contributed by atoms with Crippen LogP contribution in [0, 0.1) is 0 Å². The fraction of sp³-hybridized carbons (Fsp3) is 0.385. The van der Waals surface area contributed by atoms with Gasteiger partial charge in [0.1, 0.15) is 0 Å². The van der Waals surface area contributed by atoms with Crippen molar-refractivity contribution in [3.05, 3.63) is 53.6 Å². The van der Waals surface area contributed by atoms with Gasteiger partial charge in [0, 0.05) is 44.6 Å². The Kier molecular flexibility index (Phi) is 6.90. The summed E-state index contributed by atoms with van der Waals surface area (Å²) in [7, 11) is 0. The van der Waals surface area contributed by atoms with Gasteiger partial charge in [-0.2, -0.15) is 0 Å². The van der Waals surface area contributed by atoms with Gasteiger partial charge >= 0.3 is 0 Å². The molecule has 35 heavy (non-hydrogen) atoms. The third-order valence-corrected chi connectivity index (χ3v) is 7.54. The third-order valence-electron chi connectivity index (χ3n) is 6.49. The number of carbonyl (C=O) groups excluding carboxylic acids is 3. The number of rotatable bonds is 7. The van der Waals surface area contributed by atoms with Crippen molar-refractivity contribution in [1.29, 1.82) is 0 Å². The highest BCUT2D eigenvalue weighted by Gasteiger charge is 2.31. The van der Waals surface area contributed by atoms with Crippen LogP contribution in [0.1, 0.15) is 35.7 Å². The Hall–Kier alpha value is -3.14. The molecule has 2 saturated heterocycles. The Bertz CT molecular complexity index is 1250. The van der Waals surface area contributed by atoms with Gasteiger partial charge < -0.3 is 4.74 Å². The van der Waals surface area contributed by atoms with Gasteiger partial charge in [0.05, 0.1) is 29.1 Å². The topological polar surface area (TPSA) is 83.0 Å². The van der Waals surface area contributed by atoms with E-state index >= 15 is 0 Å². The quantitative estimate of drug-likeness (QED) is 0.470. The van der Waals surface area contributed by atoms with E-state index in [0.717, 1.165) is 35.3 Å². The predicted molar refractivity (Wildman–Crippen MR) is 136 cm³/mol. The molecule has 3 aromatic rings. The lowest BCUT2D eigenvalue weighted by atomic mass is 10.1. The number of benzene rings is 2. The van der Waals surface area contributed by atoms with Gasteiger partial charge in [0.2, 0.25) is 11.8 Å². The van der Waals surface area contributed by atoms with Gasteiger partial charge in [0.25, 0.3) is 5.91 Å². The molecule has 0 bridgehead atoms. The number of carbonyl (C=O) groups is 3. The van der Waals surface area contributed by atoms with Crippen molar-refractivity contribution in [2.75, 3.05) is 49.2 Å². The van der Waals surface area contributed by atoms with E-state index in [1.54, 1.807) is 29.2 Å². The lowest BCUT2D eigenvalue weighted by Gasteiger charge is -2.29. The average Bonchev–Trinajstić information content (AvgIpc) is 3.47. The summed E-state index contributed by atoms with van der Waals surface area (Å²) < 4.78 is 6.51. The lowest BCUT2D eigenvalue weighted by Crippen LogP contribution is -2.43. The van der Waals surface area contributed by atoms with Crippen LogP contribution in [0.5, 0.6) is 0 Å². The molecule has 8 nitrogen and oxygen atoms in total. The second kappa shape index (κ2) is 10.2. The lowest BCUT2D eigenvalue weighted by molar-refractivity contribution is -0.121. The van der Waals surface area contributed by atoms with Crippen molar-refractivity contribution in [3.63, 3.8) is 0 Å². The Balaban J connectivity index is 1.48. The minimum atomic E-state index is -0.234. The molecule has 0 unspecified atom stereocenters. The first-order chi connectivity index (χ1) is 17.0. The minimum Gasteiger partial charge on any atom is -0.379 e. The number of hydrogen-bond donors (Lipinski definition) is 0. The molecule has 0 aliphatic carbocycles. The van der Waals surface area contributed by atoms with Crippen molar-refractivity contribution in [2.24, 2.45) is 0 Å². The van der Waals surface area contributed by atoms with Crippen molar-refractivity contribution >= 4 is 50.1 Å². The molecule has 2 aromatic carbocycles. The molecule has 2 aliphatic rings. The molecule has 0 saturated carbocycles. The first-order valence-electron chi connectivity index (χ1n) is 12.0. The van der Waals surface area contributed by atoms with Crippen molar-refractivity contribution in [1.82, 2.24) is 9.88 Å². The van der Waals surface area contributed by atoms with Crippen molar-refractivity contribution < 1.29 is 19.1 Å². The van der Waals surface area contributed by atoms with E-state index in [9.17, 15) is 14.4 Å². The average molecular weight is 493 g/mol. The summed E-state index contributed by atoms with van der Waals surface area (Å²) in [6.45, 7) is 6.32. The summed E-state index contributed by atoms with van der Waals surface area (Å²) >= 11 is 1.51. The molecule has 1 aromatic heterocycles. The third kappa shape index (κ3) is 4.84. The molecule has 0 radical (unpaired) electrons. The highest BCUT2D eigenvalue weighted by molar-refractivity contribution is 7.22. The summed E-state index contributed by atoms with van der Waals surface area (Å²) in [6, 6.07) is 12.9. The number of aromatic nitrogens is 1. The number of thiazole rings is 1. The molecule has 3 amide bonds. The number of anilines is 2. The largest absolute Gasteiger partial charge is 0.379 e. The Morgan fingerprint density at radius 3 is 2.57 bits per heavy atom. The minimum absolute atomic E-state index is 0.198. The number of morpholine rings is 1. The maximum Gasteiger partial charge on any atom is 0.260 e. The second-order valence-corrected chi connectivity index (χ2v) is 9.71. The monoisotopic (exact) mass is 492 g/mol. The summed E-state index contributed by atoms with van der Waals surface area (Å²) in [5.74, 6) is -0.666. The second-order valence-electron chi connectivity index (χ2n) is 8.70. The number of para-hydroxylation sites is 1. The van der Waals surface area contributed by atoms with Crippen LogP contribution in [0.25, 0.3) is 10.2 Å². The maximum atomic E-state index is 13.8. The van der Waals surface area contributed by atoms with Crippen LogP contribution >= 0.6 is 11.3 Å². The van der Waals surface area contributed by atoms with E-state index in [0.29, 0.717) is 42.7 Å². The fourth-order valence-electron chi connectivity index (χ4n) is 4.54. The Morgan fingerprint density at radius 2 is 1.83 bits per heavy atom. The molecular formula is C26H28N4O4S. The molecule has 182 valence electrons. The van der Waals surface area contributed by atoms with E-state index in [4.69, 9.17) is 9.72 Å². The fourth-order valence-corrected chi connectivity index (χ4v) is 5.58. The van der Waals surface area contributed by atoms with E-state index in [1.165, 1.54) is 16.2 Å². The number of amides is 3. The zero-order chi connectivity index (χ0) is 24.4. The summed E-state index contributed by atoms with van der Waals surface area (Å²) in [6.07, 6.45) is 1.27. The molecule has 5 rings (SSSR count). The highest BCUT2D eigenvalue weighted by Crippen LogP contribution is 2.32. The van der Waals surface area contributed by atoms with Crippen LogP contribution in [0.4, 0.5) is 10.8 Å². The van der Waals surface area contributed by atoms with Gasteiger partial charge in [-0.05, 0) is 36.2 Å². The molecule has 0 atom stereocenters. The van der Waals surface area contributed by atoms with Crippen LogP contribution in [-0.2, 0) is 20.7 Å². The van der Waals surface area contributed by atoms with E-state index in [1.807, 2.05) is 12.1 Å². The molecule has 0 N–H and O–H groups in total. The summed E-state index contributed by atoms with van der Waals surface area (Å²) in [5.41, 5.74) is 2.95. The van der Waals surface area contributed by atoms with E-state index in [-0.39, 0.29) is 30.6 Å². The molecular weight excluding hydrogens is 464 g/mol. The number of fused-ring (bicyclic) bond motifs is 1. The first-order valence-corrected chi connectivity index (χ1v) is 12.8. The van der Waals surface area contributed by atoms with Gasteiger partial charge in [-0.1, -0.05) is 36.5 Å². The molecule has 0 spiro atoms. The standard InChI is InChI=1S/C26H28N4O4S/c1-2-18-5-4-8-21-24(18)27-26(35-21)29(12-11-28-13-15-34-16-14-28)25(33)19-6-3-7-20(17-19)30-22(31)9-10-23(30)32/h3-8,17H,2,9-16H2,1H3. The SMILES string of the molecule is CCc1cccc2sc(N(CCN3CCOCC3)C(=O)c3cccc(N4C(=O)CCC4=O)c3)nc12. The number of hydrogen-bond acceptors (Lipinski definition) is 7. The Morgan fingerprint density at radius 1 is 1.09 bits per heavy atom. The van der Waals surface area contributed by atoms with E-state index in [2.05, 4.69) is 17.9 Å². The van der Waals surface area contributed by atoms with Gasteiger partial charge in [-0.25, -0.2) is 4.98 Å². The molecule has 9 heteroatoms. The zero-order valence-electron chi connectivity index (χ0n) is 19.7. The number of nitrogens with zero attached hydrogens (tertiary/aromatic N) is 4. The smallest absolute Gasteiger partial charge is 0.260 e. The first kappa shape index (κ1) is 23.6. The van der Waals surface area contributed by atoms with Crippen LogP contribution in [0.3, 0.4) is 0 Å². The van der Waals surface area contributed by atoms with Crippen LogP contribution in [0.15, 0.2) is 42.5 Å². The summed E-state index contributed by atoms with van der Waals surface area (Å²) in [5, 5.41) is 0.651.